The Hall–Kier alpha value is -1.14. The number of hydrogen-bond acceptors (Lipinski definition) is 4. The molecule has 0 aliphatic carbocycles. The van der Waals surface area contributed by atoms with Crippen molar-refractivity contribution in [1.82, 2.24) is 20.1 Å². The van der Waals surface area contributed by atoms with Gasteiger partial charge in [-0.1, -0.05) is 6.42 Å². The van der Waals surface area contributed by atoms with Gasteiger partial charge >= 0.3 is 0 Å². The monoisotopic (exact) mass is 338 g/mol. The largest absolute Gasteiger partial charge is 0.453 e. The number of nitrogens with zero attached hydrogens (tertiary/aromatic N) is 3. The molecule has 1 atom stereocenters. The van der Waals surface area contributed by atoms with Crippen molar-refractivity contribution >= 4 is 15.9 Å². The van der Waals surface area contributed by atoms with E-state index in [0.29, 0.717) is 6.54 Å². The van der Waals surface area contributed by atoms with E-state index in [0.717, 1.165) is 35.0 Å². The van der Waals surface area contributed by atoms with E-state index in [2.05, 4.69) is 42.9 Å². The number of aryl methyl sites for hydroxylation is 1. The Bertz CT molecular complexity index is 577. The lowest BCUT2D eigenvalue weighted by Crippen LogP contribution is -2.22. The Morgan fingerprint density at radius 1 is 1.35 bits per heavy atom. The van der Waals surface area contributed by atoms with Crippen molar-refractivity contribution in [3.8, 4) is 0 Å². The molecule has 108 valence electrons. The van der Waals surface area contributed by atoms with Gasteiger partial charge in [0.2, 0.25) is 0 Å². The topological polar surface area (TPSA) is 55.9 Å². The van der Waals surface area contributed by atoms with Gasteiger partial charge in [-0.3, -0.25) is 0 Å². The quantitative estimate of drug-likeness (QED) is 0.929. The molecule has 0 saturated carbocycles. The Morgan fingerprint density at radius 3 is 3.05 bits per heavy atom. The minimum atomic E-state index is 0.165. The summed E-state index contributed by atoms with van der Waals surface area (Å²) in [4.78, 5) is 0. The highest BCUT2D eigenvalue weighted by atomic mass is 79.9. The third-order valence-corrected chi connectivity index (χ3v) is 4.16. The molecule has 2 aromatic rings. The van der Waals surface area contributed by atoms with Crippen LogP contribution in [0.25, 0.3) is 0 Å². The molecule has 0 amide bonds. The summed E-state index contributed by atoms with van der Waals surface area (Å²) in [5.74, 6) is 3.08. The molecule has 0 bridgehead atoms. The molecule has 3 rings (SSSR count). The van der Waals surface area contributed by atoms with Crippen LogP contribution in [-0.2, 0) is 19.5 Å². The molecule has 0 radical (unpaired) electrons. The van der Waals surface area contributed by atoms with Crippen LogP contribution in [0.5, 0.6) is 0 Å². The SMILES string of the molecule is CC(NCc1ccc(Br)o1)c1nnc2n1CCCCC2. The zero-order valence-corrected chi connectivity index (χ0v) is 13.2. The molecule has 1 unspecified atom stereocenters. The summed E-state index contributed by atoms with van der Waals surface area (Å²) in [6.45, 7) is 3.85. The molecule has 6 heteroatoms. The maximum absolute atomic E-state index is 5.50. The highest BCUT2D eigenvalue weighted by molar-refractivity contribution is 9.10. The molecule has 5 nitrogen and oxygen atoms in total. The van der Waals surface area contributed by atoms with Gasteiger partial charge < -0.3 is 14.3 Å². The van der Waals surface area contributed by atoms with Crippen molar-refractivity contribution in [2.45, 2.75) is 51.7 Å². The summed E-state index contributed by atoms with van der Waals surface area (Å²) < 4.78 is 8.54. The van der Waals surface area contributed by atoms with Crippen LogP contribution < -0.4 is 5.32 Å². The van der Waals surface area contributed by atoms with Gasteiger partial charge in [0.25, 0.3) is 0 Å². The fourth-order valence-corrected chi connectivity index (χ4v) is 2.96. The van der Waals surface area contributed by atoms with Gasteiger partial charge in [-0.05, 0) is 47.8 Å². The second-order valence-corrected chi connectivity index (χ2v) is 6.03. The minimum Gasteiger partial charge on any atom is -0.453 e. The van der Waals surface area contributed by atoms with Crippen molar-refractivity contribution in [3.63, 3.8) is 0 Å². The maximum Gasteiger partial charge on any atom is 0.169 e. The normalized spacial score (nSPS) is 16.7. The van der Waals surface area contributed by atoms with E-state index < -0.39 is 0 Å². The minimum absolute atomic E-state index is 0.165. The predicted molar refractivity (Wildman–Crippen MR) is 79.2 cm³/mol. The molecule has 20 heavy (non-hydrogen) atoms. The van der Waals surface area contributed by atoms with Crippen LogP contribution in [0.1, 0.15) is 49.6 Å². The highest BCUT2D eigenvalue weighted by Crippen LogP contribution is 2.19. The number of furan rings is 1. The van der Waals surface area contributed by atoms with E-state index in [-0.39, 0.29) is 6.04 Å². The van der Waals surface area contributed by atoms with Crippen LogP contribution in [0.3, 0.4) is 0 Å². The molecule has 3 heterocycles. The van der Waals surface area contributed by atoms with E-state index in [1.807, 2.05) is 12.1 Å². The zero-order chi connectivity index (χ0) is 13.9. The molecule has 0 aromatic carbocycles. The second kappa shape index (κ2) is 6.10. The Kier molecular flexibility index (Phi) is 4.21. The lowest BCUT2D eigenvalue weighted by atomic mass is 10.2. The van der Waals surface area contributed by atoms with Gasteiger partial charge in [0.05, 0.1) is 12.6 Å². The predicted octanol–water partition coefficient (Wildman–Crippen LogP) is 3.21. The fourth-order valence-electron chi connectivity index (χ4n) is 2.62. The lowest BCUT2D eigenvalue weighted by molar-refractivity contribution is 0.432. The molecule has 1 aliphatic heterocycles. The van der Waals surface area contributed by atoms with Crippen LogP contribution in [0, 0.1) is 0 Å². The van der Waals surface area contributed by atoms with Crippen LogP contribution in [0.4, 0.5) is 0 Å². The van der Waals surface area contributed by atoms with Gasteiger partial charge in [0.15, 0.2) is 4.67 Å². The van der Waals surface area contributed by atoms with Crippen LogP contribution in [0.15, 0.2) is 21.2 Å². The standard InChI is InChI=1S/C14H19BrN4O/c1-10(16-9-11-6-7-12(15)20-11)14-18-17-13-5-3-2-4-8-19(13)14/h6-7,10,16H,2-5,8-9H2,1H3. The average Bonchev–Trinajstić information content (AvgIpc) is 2.96. The van der Waals surface area contributed by atoms with Crippen LogP contribution in [-0.4, -0.2) is 14.8 Å². The number of rotatable bonds is 4. The van der Waals surface area contributed by atoms with Crippen LogP contribution in [0.2, 0.25) is 0 Å². The molecule has 0 fully saturated rings. The van der Waals surface area contributed by atoms with Gasteiger partial charge in [0, 0.05) is 13.0 Å². The van der Waals surface area contributed by atoms with Gasteiger partial charge in [0.1, 0.15) is 17.4 Å². The summed E-state index contributed by atoms with van der Waals surface area (Å²) in [5, 5.41) is 12.2. The first-order chi connectivity index (χ1) is 9.74. The van der Waals surface area contributed by atoms with E-state index in [9.17, 15) is 0 Å². The number of hydrogen-bond donors (Lipinski definition) is 1. The molecular formula is C14H19BrN4O. The Labute approximate surface area is 126 Å². The highest BCUT2D eigenvalue weighted by Gasteiger charge is 2.19. The zero-order valence-electron chi connectivity index (χ0n) is 11.6. The van der Waals surface area contributed by atoms with Crippen molar-refractivity contribution in [2.24, 2.45) is 0 Å². The molecule has 1 N–H and O–H groups in total. The lowest BCUT2D eigenvalue weighted by Gasteiger charge is -2.14. The van der Waals surface area contributed by atoms with E-state index >= 15 is 0 Å². The summed E-state index contributed by atoms with van der Waals surface area (Å²) in [6.07, 6.45) is 4.77. The van der Waals surface area contributed by atoms with Gasteiger partial charge in [-0.25, -0.2) is 0 Å². The maximum atomic E-state index is 5.50. The third-order valence-electron chi connectivity index (χ3n) is 3.74. The first kappa shape index (κ1) is 13.8. The molecular weight excluding hydrogens is 320 g/mol. The van der Waals surface area contributed by atoms with Crippen molar-refractivity contribution < 1.29 is 4.42 Å². The van der Waals surface area contributed by atoms with Gasteiger partial charge in [-0.15, -0.1) is 10.2 Å². The Balaban J connectivity index is 1.68. The first-order valence-electron chi connectivity index (χ1n) is 7.13. The summed E-state index contributed by atoms with van der Waals surface area (Å²) in [7, 11) is 0. The number of nitrogens with one attached hydrogen (secondary N) is 1. The second-order valence-electron chi connectivity index (χ2n) is 5.25. The fraction of sp³-hybridized carbons (Fsp3) is 0.571. The van der Waals surface area contributed by atoms with E-state index in [1.165, 1.54) is 19.3 Å². The molecule has 0 saturated heterocycles. The van der Waals surface area contributed by atoms with E-state index in [4.69, 9.17) is 4.42 Å². The summed E-state index contributed by atoms with van der Waals surface area (Å²) in [5.41, 5.74) is 0. The Morgan fingerprint density at radius 2 is 2.25 bits per heavy atom. The van der Waals surface area contributed by atoms with Crippen molar-refractivity contribution in [1.29, 1.82) is 0 Å². The number of halogens is 1. The molecule has 2 aromatic heterocycles. The summed E-state index contributed by atoms with van der Waals surface area (Å²) >= 11 is 3.31. The average molecular weight is 339 g/mol. The number of aromatic nitrogens is 3. The molecule has 0 spiro atoms. The van der Waals surface area contributed by atoms with Crippen LogP contribution >= 0.6 is 15.9 Å². The molecule has 1 aliphatic rings. The third kappa shape index (κ3) is 2.96. The smallest absolute Gasteiger partial charge is 0.169 e. The number of fused-ring (bicyclic) bond motifs is 1. The first-order valence-corrected chi connectivity index (χ1v) is 7.93. The van der Waals surface area contributed by atoms with Crippen molar-refractivity contribution in [2.75, 3.05) is 0 Å². The van der Waals surface area contributed by atoms with Crippen molar-refractivity contribution in [3.05, 3.63) is 34.2 Å². The van der Waals surface area contributed by atoms with Gasteiger partial charge in [-0.2, -0.15) is 0 Å². The van der Waals surface area contributed by atoms with E-state index in [1.54, 1.807) is 0 Å². The summed E-state index contributed by atoms with van der Waals surface area (Å²) in [6, 6.07) is 4.04.